The van der Waals surface area contributed by atoms with Gasteiger partial charge in [0.2, 0.25) is 0 Å². The van der Waals surface area contributed by atoms with Gasteiger partial charge in [-0.15, -0.1) is 0 Å². The molecule has 0 aromatic carbocycles. The summed E-state index contributed by atoms with van der Waals surface area (Å²) in [5.74, 6) is 0. The summed E-state index contributed by atoms with van der Waals surface area (Å²) in [6.45, 7) is 5.32. The third kappa shape index (κ3) is 3.90. The standard InChI is InChI=1S/C7H11N.C5H5N/c1-3-8-5-4-7(2)6-8;1-2-4-6-5-3-1/h4-6H,3H2,1-2H3;1-5H. The highest BCUT2D eigenvalue weighted by atomic mass is 14.9. The fourth-order valence-corrected chi connectivity index (χ4v) is 1.07. The molecule has 2 nitrogen and oxygen atoms in total. The topological polar surface area (TPSA) is 17.8 Å². The molecule has 0 aliphatic heterocycles. The Morgan fingerprint density at radius 1 is 1.21 bits per heavy atom. The maximum atomic E-state index is 3.78. The molecule has 2 rings (SSSR count). The second-order valence-corrected chi connectivity index (χ2v) is 3.04. The van der Waals surface area contributed by atoms with E-state index < -0.39 is 0 Å². The lowest BCUT2D eigenvalue weighted by Crippen LogP contribution is -1.86. The fourth-order valence-electron chi connectivity index (χ4n) is 1.07. The number of aromatic nitrogens is 2. The molecule has 0 atom stereocenters. The molecule has 0 saturated heterocycles. The molecule has 0 unspecified atom stereocenters. The summed E-state index contributed by atoms with van der Waals surface area (Å²) in [5.41, 5.74) is 1.34. The Balaban J connectivity index is 0.000000146. The van der Waals surface area contributed by atoms with Gasteiger partial charge in [0.25, 0.3) is 0 Å². The first-order valence-corrected chi connectivity index (χ1v) is 4.80. The van der Waals surface area contributed by atoms with E-state index in [-0.39, 0.29) is 0 Å². The number of aryl methyl sites for hydroxylation is 2. The summed E-state index contributed by atoms with van der Waals surface area (Å²) in [6.07, 6.45) is 7.73. The van der Waals surface area contributed by atoms with Crippen molar-refractivity contribution in [2.75, 3.05) is 0 Å². The highest BCUT2D eigenvalue weighted by molar-refractivity contribution is 5.06. The van der Waals surface area contributed by atoms with E-state index in [1.165, 1.54) is 5.56 Å². The van der Waals surface area contributed by atoms with Crippen LogP contribution in [0, 0.1) is 6.92 Å². The highest BCUT2D eigenvalue weighted by Crippen LogP contribution is 1.96. The molecule has 0 radical (unpaired) electrons. The first kappa shape index (κ1) is 10.5. The molecule has 14 heavy (non-hydrogen) atoms. The second-order valence-electron chi connectivity index (χ2n) is 3.04. The van der Waals surface area contributed by atoms with Crippen LogP contribution in [0.15, 0.2) is 49.1 Å². The molecule has 0 amide bonds. The minimum atomic E-state index is 1.08. The largest absolute Gasteiger partial charge is 0.354 e. The number of pyridine rings is 1. The van der Waals surface area contributed by atoms with Gasteiger partial charge in [-0.25, -0.2) is 0 Å². The van der Waals surface area contributed by atoms with Gasteiger partial charge in [-0.2, -0.15) is 0 Å². The number of rotatable bonds is 1. The van der Waals surface area contributed by atoms with Crippen LogP contribution < -0.4 is 0 Å². The normalized spacial score (nSPS) is 9.00. The maximum absolute atomic E-state index is 3.78. The van der Waals surface area contributed by atoms with Crippen LogP contribution in [0.4, 0.5) is 0 Å². The Labute approximate surface area is 85.2 Å². The summed E-state index contributed by atoms with van der Waals surface area (Å²) in [6, 6.07) is 7.83. The summed E-state index contributed by atoms with van der Waals surface area (Å²) >= 11 is 0. The summed E-state index contributed by atoms with van der Waals surface area (Å²) < 4.78 is 2.16. The van der Waals surface area contributed by atoms with E-state index in [4.69, 9.17) is 0 Å². The van der Waals surface area contributed by atoms with Crippen molar-refractivity contribution in [2.45, 2.75) is 20.4 Å². The third-order valence-corrected chi connectivity index (χ3v) is 1.83. The van der Waals surface area contributed by atoms with Crippen LogP contribution in [0.3, 0.4) is 0 Å². The molecule has 0 saturated carbocycles. The van der Waals surface area contributed by atoms with Crippen molar-refractivity contribution >= 4 is 0 Å². The van der Waals surface area contributed by atoms with Gasteiger partial charge in [-0.1, -0.05) is 6.07 Å². The van der Waals surface area contributed by atoms with Crippen molar-refractivity contribution < 1.29 is 0 Å². The Morgan fingerprint density at radius 3 is 2.14 bits per heavy atom. The van der Waals surface area contributed by atoms with E-state index in [0.29, 0.717) is 0 Å². The molecule has 0 fully saturated rings. The van der Waals surface area contributed by atoms with Gasteiger partial charge in [0, 0.05) is 31.3 Å². The zero-order valence-corrected chi connectivity index (χ0v) is 8.72. The zero-order chi connectivity index (χ0) is 10.2. The monoisotopic (exact) mass is 188 g/mol. The van der Waals surface area contributed by atoms with Gasteiger partial charge < -0.3 is 4.57 Å². The van der Waals surface area contributed by atoms with Crippen molar-refractivity contribution in [3.8, 4) is 0 Å². The molecule has 0 N–H and O–H groups in total. The molecular formula is C12H16N2. The van der Waals surface area contributed by atoms with Gasteiger partial charge in [-0.05, 0) is 37.6 Å². The summed E-state index contributed by atoms with van der Waals surface area (Å²) in [5, 5.41) is 0. The van der Waals surface area contributed by atoms with Crippen molar-refractivity contribution in [1.82, 2.24) is 9.55 Å². The number of hydrogen-bond acceptors (Lipinski definition) is 1. The molecule has 2 aromatic heterocycles. The molecule has 2 heteroatoms. The molecule has 0 spiro atoms. The SMILES string of the molecule is CCn1ccc(C)c1.c1ccncc1. The van der Waals surface area contributed by atoms with E-state index in [1.54, 1.807) is 12.4 Å². The van der Waals surface area contributed by atoms with Crippen molar-refractivity contribution in [3.63, 3.8) is 0 Å². The lowest BCUT2D eigenvalue weighted by atomic mass is 10.4. The van der Waals surface area contributed by atoms with Gasteiger partial charge in [0.05, 0.1) is 0 Å². The Kier molecular flexibility index (Phi) is 4.48. The maximum Gasteiger partial charge on any atom is 0.0267 e. The molecular weight excluding hydrogens is 172 g/mol. The average Bonchev–Trinajstić information content (AvgIpc) is 2.68. The molecule has 74 valence electrons. The van der Waals surface area contributed by atoms with E-state index in [2.05, 4.69) is 41.9 Å². The highest BCUT2D eigenvalue weighted by Gasteiger charge is 1.84. The van der Waals surface area contributed by atoms with Crippen LogP contribution in [0.2, 0.25) is 0 Å². The van der Waals surface area contributed by atoms with Gasteiger partial charge >= 0.3 is 0 Å². The fraction of sp³-hybridized carbons (Fsp3) is 0.250. The van der Waals surface area contributed by atoms with Gasteiger partial charge in [-0.3, -0.25) is 4.98 Å². The Hall–Kier alpha value is -1.57. The van der Waals surface area contributed by atoms with Gasteiger partial charge in [0.1, 0.15) is 0 Å². The van der Waals surface area contributed by atoms with Crippen LogP contribution in [-0.2, 0) is 6.54 Å². The number of hydrogen-bond donors (Lipinski definition) is 0. The lowest BCUT2D eigenvalue weighted by molar-refractivity contribution is 0.768. The van der Waals surface area contributed by atoms with Gasteiger partial charge in [0.15, 0.2) is 0 Å². The smallest absolute Gasteiger partial charge is 0.0267 e. The lowest BCUT2D eigenvalue weighted by Gasteiger charge is -1.90. The molecule has 0 aliphatic rings. The predicted molar refractivity (Wildman–Crippen MR) is 59.1 cm³/mol. The first-order valence-electron chi connectivity index (χ1n) is 4.80. The van der Waals surface area contributed by atoms with Crippen LogP contribution in [0.5, 0.6) is 0 Å². The van der Waals surface area contributed by atoms with Crippen molar-refractivity contribution in [2.24, 2.45) is 0 Å². The third-order valence-electron chi connectivity index (χ3n) is 1.83. The van der Waals surface area contributed by atoms with E-state index in [0.717, 1.165) is 6.54 Å². The minimum Gasteiger partial charge on any atom is -0.354 e. The van der Waals surface area contributed by atoms with E-state index >= 15 is 0 Å². The summed E-state index contributed by atoms with van der Waals surface area (Å²) in [7, 11) is 0. The van der Waals surface area contributed by atoms with E-state index in [9.17, 15) is 0 Å². The predicted octanol–water partition coefficient (Wildman–Crippen LogP) is 2.90. The Bertz CT molecular complexity index is 312. The molecule has 0 bridgehead atoms. The zero-order valence-electron chi connectivity index (χ0n) is 8.72. The van der Waals surface area contributed by atoms with Crippen LogP contribution in [-0.4, -0.2) is 9.55 Å². The summed E-state index contributed by atoms with van der Waals surface area (Å²) in [4.78, 5) is 3.78. The number of nitrogens with zero attached hydrogens (tertiary/aromatic N) is 2. The van der Waals surface area contributed by atoms with Crippen LogP contribution in [0.1, 0.15) is 12.5 Å². The van der Waals surface area contributed by atoms with E-state index in [1.807, 2.05) is 18.2 Å². The minimum absolute atomic E-state index is 1.08. The van der Waals surface area contributed by atoms with Crippen LogP contribution in [0.25, 0.3) is 0 Å². The average molecular weight is 188 g/mol. The van der Waals surface area contributed by atoms with Crippen molar-refractivity contribution in [1.29, 1.82) is 0 Å². The second kappa shape index (κ2) is 5.97. The first-order chi connectivity index (χ1) is 6.83. The van der Waals surface area contributed by atoms with Crippen molar-refractivity contribution in [3.05, 3.63) is 54.6 Å². The Morgan fingerprint density at radius 2 is 1.93 bits per heavy atom. The molecule has 2 aromatic rings. The molecule has 2 heterocycles. The quantitative estimate of drug-likeness (QED) is 0.673. The molecule has 0 aliphatic carbocycles. The van der Waals surface area contributed by atoms with Crippen LogP contribution >= 0.6 is 0 Å².